The molecule has 3 aromatic rings. The number of benzene rings is 3. The van der Waals surface area contributed by atoms with Crippen LogP contribution in [-0.4, -0.2) is 118 Å². The molecule has 0 spiro atoms. The van der Waals surface area contributed by atoms with Crippen LogP contribution in [0.1, 0.15) is 95.4 Å². The van der Waals surface area contributed by atoms with Gasteiger partial charge >= 0.3 is 5.97 Å². The van der Waals surface area contributed by atoms with Crippen LogP contribution >= 0.6 is 0 Å². The molecule has 378 valence electrons. The van der Waals surface area contributed by atoms with E-state index in [0.29, 0.717) is 89.2 Å². The number of hydrogen-bond acceptors (Lipinski definition) is 13. The van der Waals surface area contributed by atoms with Gasteiger partial charge in [-0.2, -0.15) is 4.58 Å². The molecule has 0 bridgehead atoms. The Kier molecular flexibility index (Phi) is 17.5. The van der Waals surface area contributed by atoms with Crippen LogP contribution in [0.15, 0.2) is 108 Å². The van der Waals surface area contributed by atoms with Gasteiger partial charge in [-0.3, -0.25) is 9.59 Å². The molecule has 0 saturated carbocycles. The van der Waals surface area contributed by atoms with Crippen LogP contribution in [0.3, 0.4) is 0 Å². The average Bonchev–Trinajstić information content (AvgIpc) is 3.76. The first-order valence-electron chi connectivity index (χ1n) is 24.2. The van der Waals surface area contributed by atoms with Crippen LogP contribution in [0, 0.1) is 0 Å². The van der Waals surface area contributed by atoms with Gasteiger partial charge < -0.3 is 38.0 Å². The number of unbranched alkanes of at least 4 members (excludes halogenated alkanes) is 2. The van der Waals surface area contributed by atoms with E-state index in [1.54, 1.807) is 13.2 Å². The number of allylic oxidation sites excluding steroid dienone is 8. The van der Waals surface area contributed by atoms with Crippen molar-refractivity contribution in [1.29, 1.82) is 0 Å². The number of methoxy groups -OCH3 is 1. The van der Waals surface area contributed by atoms with Crippen LogP contribution in [0.25, 0.3) is 16.9 Å². The molecule has 0 unspecified atom stereocenters. The molecule has 2 amide bonds. The zero-order valence-electron chi connectivity index (χ0n) is 41.6. The third kappa shape index (κ3) is 12.9. The second-order valence-corrected chi connectivity index (χ2v) is 20.2. The van der Waals surface area contributed by atoms with Crippen LogP contribution in [0.2, 0.25) is 0 Å². The Labute approximate surface area is 417 Å². The van der Waals surface area contributed by atoms with Crippen LogP contribution < -0.4 is 9.64 Å². The zero-order valence-corrected chi connectivity index (χ0v) is 42.4. The predicted octanol–water partition coefficient (Wildman–Crippen LogP) is 8.46. The lowest BCUT2D eigenvalue weighted by Crippen LogP contribution is -2.46. The molecule has 4 aliphatic heterocycles. The van der Waals surface area contributed by atoms with Crippen molar-refractivity contribution in [2.45, 2.75) is 89.0 Å². The van der Waals surface area contributed by atoms with Gasteiger partial charge in [-0.1, -0.05) is 60.7 Å². The van der Waals surface area contributed by atoms with Gasteiger partial charge in [0.15, 0.2) is 5.71 Å². The van der Waals surface area contributed by atoms with Crippen molar-refractivity contribution in [3.63, 3.8) is 0 Å². The van der Waals surface area contributed by atoms with E-state index < -0.39 is 33.3 Å². The van der Waals surface area contributed by atoms with Gasteiger partial charge in [-0.15, -0.1) is 5.06 Å². The van der Waals surface area contributed by atoms with E-state index in [-0.39, 0.29) is 29.7 Å². The molecule has 71 heavy (non-hydrogen) atoms. The number of fused-ring (bicyclic) bond motifs is 3. The molecule has 4 heterocycles. The van der Waals surface area contributed by atoms with Gasteiger partial charge in [-0.25, -0.2) is 13.2 Å². The predicted molar refractivity (Wildman–Crippen MR) is 270 cm³/mol. The summed E-state index contributed by atoms with van der Waals surface area (Å²) in [6, 6.07) is 18.8. The lowest BCUT2D eigenvalue weighted by Gasteiger charge is -2.44. The number of rotatable bonds is 24. The number of nitrogens with zero attached hydrogens (tertiary/aromatic N) is 3. The SMILES string of the molecule is COCCOCCOCCOCCN1c2cc3c(cc2C(C)=CC1(C)C)/C(=C/C=C/C=C/C1=[N+](CCCCCC(=O)ON2C(=O)CCC2=O)c2ccc(S(=O)(=O)[O-])cc2C1(C)C)C=C(c1ccccc1)O3. The summed E-state index contributed by atoms with van der Waals surface area (Å²) in [6.45, 7) is 15.3. The smallest absolute Gasteiger partial charge is 0.333 e. The van der Waals surface area contributed by atoms with Crippen molar-refractivity contribution in [2.75, 3.05) is 71.3 Å². The van der Waals surface area contributed by atoms with Gasteiger partial charge in [0.25, 0.3) is 11.8 Å². The first-order valence-corrected chi connectivity index (χ1v) is 25.6. The fourth-order valence-corrected chi connectivity index (χ4v) is 9.85. The molecule has 4 aliphatic rings. The number of carbonyl (C=O) groups excluding carboxylic acids is 3. The Bertz CT molecular complexity index is 2750. The van der Waals surface area contributed by atoms with E-state index in [1.807, 2.05) is 68.5 Å². The minimum Gasteiger partial charge on any atom is -0.744 e. The summed E-state index contributed by atoms with van der Waals surface area (Å²) in [5.41, 5.74) is 7.64. The maximum Gasteiger partial charge on any atom is 0.333 e. The Hall–Kier alpha value is -6.01. The quantitative estimate of drug-likeness (QED) is 0.0275. The number of ether oxygens (including phenoxy) is 5. The van der Waals surface area contributed by atoms with Crippen molar-refractivity contribution in [1.82, 2.24) is 5.06 Å². The Balaban J connectivity index is 1.10. The van der Waals surface area contributed by atoms with Crippen LogP contribution in [-0.2, 0) is 53.7 Å². The van der Waals surface area contributed by atoms with Crippen molar-refractivity contribution in [3.05, 3.63) is 125 Å². The largest absolute Gasteiger partial charge is 0.744 e. The van der Waals surface area contributed by atoms with Gasteiger partial charge in [0.2, 0.25) is 5.69 Å². The molecule has 3 aromatic carbocycles. The second kappa shape index (κ2) is 23.5. The molecule has 1 saturated heterocycles. The summed E-state index contributed by atoms with van der Waals surface area (Å²) in [7, 11) is -3.05. The maximum atomic E-state index is 12.4. The maximum absolute atomic E-state index is 12.4. The summed E-state index contributed by atoms with van der Waals surface area (Å²) < 4.78 is 67.4. The summed E-state index contributed by atoms with van der Waals surface area (Å²) in [5, 5.41) is 0.559. The van der Waals surface area contributed by atoms with Crippen LogP contribution in [0.5, 0.6) is 5.75 Å². The Morgan fingerprint density at radius 2 is 1.52 bits per heavy atom. The number of carbonyl (C=O) groups is 3. The summed E-state index contributed by atoms with van der Waals surface area (Å²) in [6.07, 6.45) is 16.2. The standard InChI is InChI=1S/C55H65N3O12S/c1-39-38-54(2,3)57(26-27-66-30-31-68-33-32-67-29-28-65-6)47-37-49-44(36-43(39)47)41(34-48(69-49)40-16-10-7-11-17-40)18-12-8-13-19-50-55(4,5)45-35-42(71(62,63)64)21-22-46(45)56(50)25-15-9-14-20-53(61)70-58-51(59)23-24-52(58)60/h7-8,10-13,16-19,21-22,34-38H,9,14-15,20,23-33H2,1-6H3. The van der Waals surface area contributed by atoms with Crippen LogP contribution in [0.4, 0.5) is 11.4 Å². The zero-order chi connectivity index (χ0) is 50.8. The minimum absolute atomic E-state index is 0.0292. The monoisotopic (exact) mass is 991 g/mol. The summed E-state index contributed by atoms with van der Waals surface area (Å²) in [4.78, 5) is 43.3. The molecule has 0 aromatic heterocycles. The normalized spacial score (nSPS) is 17.8. The highest BCUT2D eigenvalue weighted by molar-refractivity contribution is 7.85. The van der Waals surface area contributed by atoms with Gasteiger partial charge in [0.05, 0.1) is 62.1 Å². The molecule has 1 fully saturated rings. The lowest BCUT2D eigenvalue weighted by molar-refractivity contribution is -0.438. The second-order valence-electron chi connectivity index (χ2n) is 18.8. The first-order chi connectivity index (χ1) is 34.0. The highest BCUT2D eigenvalue weighted by Crippen LogP contribution is 2.47. The number of hydrogen-bond donors (Lipinski definition) is 0. The number of anilines is 1. The van der Waals surface area contributed by atoms with Crippen molar-refractivity contribution in [2.24, 2.45) is 0 Å². The van der Waals surface area contributed by atoms with Crippen molar-refractivity contribution >= 4 is 61.9 Å². The molecule has 0 N–H and O–H groups in total. The Morgan fingerprint density at radius 1 is 0.831 bits per heavy atom. The molecule has 16 heteroatoms. The topological polar surface area (TPSA) is 173 Å². The number of imide groups is 1. The number of amides is 2. The molecular weight excluding hydrogens is 927 g/mol. The molecule has 0 radical (unpaired) electrons. The highest BCUT2D eigenvalue weighted by atomic mass is 32.2. The third-order valence-corrected chi connectivity index (χ3v) is 13.8. The first kappa shape index (κ1) is 52.8. The van der Waals surface area contributed by atoms with Crippen molar-refractivity contribution < 1.29 is 60.5 Å². The van der Waals surface area contributed by atoms with Gasteiger partial charge in [0, 0.05) is 85.5 Å². The van der Waals surface area contributed by atoms with E-state index in [0.717, 1.165) is 50.9 Å². The fourth-order valence-electron chi connectivity index (χ4n) is 9.35. The molecule has 15 nitrogen and oxygen atoms in total. The van der Waals surface area contributed by atoms with E-state index >= 15 is 0 Å². The van der Waals surface area contributed by atoms with E-state index in [4.69, 9.17) is 28.5 Å². The molecule has 7 rings (SSSR count). The van der Waals surface area contributed by atoms with Gasteiger partial charge in [-0.05, 0) is 82.9 Å². The van der Waals surface area contributed by atoms with E-state index in [9.17, 15) is 27.4 Å². The number of hydroxylamine groups is 2. The summed E-state index contributed by atoms with van der Waals surface area (Å²) in [5.74, 6) is -0.224. The Morgan fingerprint density at radius 3 is 2.21 bits per heavy atom. The van der Waals surface area contributed by atoms with Crippen molar-refractivity contribution in [3.8, 4) is 5.75 Å². The minimum atomic E-state index is -4.70. The highest BCUT2D eigenvalue weighted by Gasteiger charge is 2.44. The fraction of sp³-hybridized carbons (Fsp3) is 0.418. The molecule has 0 atom stereocenters. The molecule has 0 aliphatic carbocycles. The van der Waals surface area contributed by atoms with E-state index in [2.05, 4.69) is 60.6 Å². The lowest BCUT2D eigenvalue weighted by atomic mass is 9.81. The average molecular weight is 992 g/mol. The van der Waals surface area contributed by atoms with Gasteiger partial charge in [0.1, 0.15) is 28.2 Å². The van der Waals surface area contributed by atoms with E-state index in [1.165, 1.54) is 17.7 Å². The third-order valence-electron chi connectivity index (χ3n) is 13.0. The molecular formula is C55H65N3O12S. The summed E-state index contributed by atoms with van der Waals surface area (Å²) >= 11 is 0.